The highest BCUT2D eigenvalue weighted by Gasteiger charge is 2.20. The van der Waals surface area contributed by atoms with E-state index < -0.39 is 27.6 Å². The molecule has 0 spiro atoms. The highest BCUT2D eigenvalue weighted by Crippen LogP contribution is 2.27. The molecule has 11 heteroatoms. The van der Waals surface area contributed by atoms with E-state index in [4.69, 9.17) is 28.9 Å². The topological polar surface area (TPSA) is 101 Å². The lowest BCUT2D eigenvalue weighted by Crippen LogP contribution is -2.17. The molecule has 3 rings (SSSR count). The Labute approximate surface area is 187 Å². The molecule has 0 saturated heterocycles. The first-order valence-electron chi connectivity index (χ1n) is 8.68. The van der Waals surface area contributed by atoms with Gasteiger partial charge < -0.3 is 11.1 Å². The smallest absolute Gasteiger partial charge is 0.261 e. The maximum Gasteiger partial charge on any atom is 0.261 e. The van der Waals surface area contributed by atoms with Crippen LogP contribution in [0.5, 0.6) is 0 Å². The monoisotopic (exact) mass is 485 g/mol. The summed E-state index contributed by atoms with van der Waals surface area (Å²) in [7, 11) is -4.15. The minimum atomic E-state index is -4.15. The van der Waals surface area contributed by atoms with Gasteiger partial charge in [-0.05, 0) is 48.0 Å². The normalized spacial score (nSPS) is 11.3. The molecule has 0 aliphatic rings. The van der Waals surface area contributed by atoms with Crippen molar-refractivity contribution in [1.82, 2.24) is 0 Å². The first kappa shape index (κ1) is 23.0. The van der Waals surface area contributed by atoms with Gasteiger partial charge >= 0.3 is 0 Å². The minimum Gasteiger partial charge on any atom is -0.326 e. The van der Waals surface area contributed by atoms with Gasteiger partial charge in [0.15, 0.2) is 0 Å². The number of carbonyl (C=O) groups excluding carboxylic acids is 1. The fourth-order valence-electron chi connectivity index (χ4n) is 2.68. The molecule has 0 aliphatic heterocycles. The van der Waals surface area contributed by atoms with Gasteiger partial charge in [0, 0.05) is 12.2 Å². The van der Waals surface area contributed by atoms with Gasteiger partial charge in [-0.15, -0.1) is 0 Å². The number of amides is 1. The zero-order valence-electron chi connectivity index (χ0n) is 15.6. The van der Waals surface area contributed by atoms with E-state index in [0.29, 0.717) is 5.56 Å². The molecular weight excluding hydrogens is 471 g/mol. The standard InChI is InChI=1S/C20H15Cl2F2N3O3S/c21-14-2-1-3-17(24)19(14)20(28)26-12-5-4-11(10-25)18(8-12)27-31(29,30)13-6-7-16(23)15(22)9-13/h1-9,27H,10,25H2,(H,26,28). The molecule has 6 nitrogen and oxygen atoms in total. The SMILES string of the molecule is NCc1ccc(NC(=O)c2c(F)cccc2Cl)cc1NS(=O)(=O)c1ccc(F)c(Cl)c1. The first-order chi connectivity index (χ1) is 14.6. The van der Waals surface area contributed by atoms with Gasteiger partial charge in [0.25, 0.3) is 15.9 Å². The van der Waals surface area contributed by atoms with Crippen molar-refractivity contribution in [3.8, 4) is 0 Å². The number of nitrogens with two attached hydrogens (primary N) is 1. The number of benzene rings is 3. The van der Waals surface area contributed by atoms with Crippen LogP contribution in [0.1, 0.15) is 15.9 Å². The van der Waals surface area contributed by atoms with Crippen molar-refractivity contribution >= 4 is 50.5 Å². The van der Waals surface area contributed by atoms with Crippen molar-refractivity contribution in [1.29, 1.82) is 0 Å². The van der Waals surface area contributed by atoms with Crippen LogP contribution in [0, 0.1) is 11.6 Å². The molecular formula is C20H15Cl2F2N3O3S. The van der Waals surface area contributed by atoms with Crippen LogP contribution in [-0.4, -0.2) is 14.3 Å². The summed E-state index contributed by atoms with van der Waals surface area (Å²) in [4.78, 5) is 12.2. The van der Waals surface area contributed by atoms with Crippen molar-refractivity contribution in [2.75, 3.05) is 10.0 Å². The van der Waals surface area contributed by atoms with Gasteiger partial charge in [-0.2, -0.15) is 0 Å². The van der Waals surface area contributed by atoms with Crippen molar-refractivity contribution < 1.29 is 22.0 Å². The zero-order valence-corrected chi connectivity index (χ0v) is 18.0. The predicted molar refractivity (Wildman–Crippen MR) is 116 cm³/mol. The highest BCUT2D eigenvalue weighted by molar-refractivity contribution is 7.92. The Morgan fingerprint density at radius 3 is 2.35 bits per heavy atom. The van der Waals surface area contributed by atoms with Gasteiger partial charge in [0.2, 0.25) is 0 Å². The second kappa shape index (κ2) is 9.19. The molecule has 0 heterocycles. The summed E-state index contributed by atoms with van der Waals surface area (Å²) in [6, 6.07) is 11.0. The number of hydrogen-bond acceptors (Lipinski definition) is 4. The Hall–Kier alpha value is -2.72. The predicted octanol–water partition coefficient (Wildman–Crippen LogP) is 4.78. The first-order valence-corrected chi connectivity index (χ1v) is 10.9. The zero-order chi connectivity index (χ0) is 22.8. The van der Waals surface area contributed by atoms with Crippen LogP contribution < -0.4 is 15.8 Å². The molecule has 0 atom stereocenters. The summed E-state index contributed by atoms with van der Waals surface area (Å²) in [5.41, 5.74) is 5.97. The molecule has 0 radical (unpaired) electrons. The molecule has 31 heavy (non-hydrogen) atoms. The Morgan fingerprint density at radius 2 is 1.71 bits per heavy atom. The van der Waals surface area contributed by atoms with Crippen molar-refractivity contribution in [3.05, 3.63) is 87.4 Å². The summed E-state index contributed by atoms with van der Waals surface area (Å²) in [5.74, 6) is -2.39. The van der Waals surface area contributed by atoms with Crippen molar-refractivity contribution in [3.63, 3.8) is 0 Å². The van der Waals surface area contributed by atoms with E-state index in [1.807, 2.05) is 0 Å². The van der Waals surface area contributed by atoms with E-state index in [0.717, 1.165) is 24.3 Å². The maximum atomic E-state index is 14.0. The summed E-state index contributed by atoms with van der Waals surface area (Å²) in [6.07, 6.45) is 0. The molecule has 0 fully saturated rings. The second-order valence-electron chi connectivity index (χ2n) is 6.31. The van der Waals surface area contributed by atoms with Crippen LogP contribution in [-0.2, 0) is 16.6 Å². The summed E-state index contributed by atoms with van der Waals surface area (Å²) >= 11 is 11.6. The van der Waals surface area contributed by atoms with E-state index in [9.17, 15) is 22.0 Å². The molecule has 0 unspecified atom stereocenters. The fourth-order valence-corrected chi connectivity index (χ4v) is 4.29. The molecule has 3 aromatic carbocycles. The molecule has 0 aliphatic carbocycles. The highest BCUT2D eigenvalue weighted by atomic mass is 35.5. The fraction of sp³-hybridized carbons (Fsp3) is 0.0500. The summed E-state index contributed by atoms with van der Waals surface area (Å²) < 4.78 is 55.1. The number of anilines is 2. The third-order valence-electron chi connectivity index (χ3n) is 4.22. The molecule has 0 aromatic heterocycles. The maximum absolute atomic E-state index is 14.0. The average molecular weight is 486 g/mol. The third kappa shape index (κ3) is 5.13. The quantitative estimate of drug-likeness (QED) is 0.467. The molecule has 3 aromatic rings. The van der Waals surface area contributed by atoms with Crippen LogP contribution in [0.2, 0.25) is 10.0 Å². The lowest BCUT2D eigenvalue weighted by atomic mass is 10.1. The van der Waals surface area contributed by atoms with E-state index in [2.05, 4.69) is 10.0 Å². The van der Waals surface area contributed by atoms with Crippen LogP contribution in [0.4, 0.5) is 20.2 Å². The number of hydrogen-bond donors (Lipinski definition) is 3. The Kier molecular flexibility index (Phi) is 6.80. The number of nitrogens with one attached hydrogen (secondary N) is 2. The number of sulfonamides is 1. The summed E-state index contributed by atoms with van der Waals surface area (Å²) in [5, 5.41) is 2.03. The number of rotatable bonds is 6. The molecule has 4 N–H and O–H groups in total. The largest absolute Gasteiger partial charge is 0.326 e. The van der Waals surface area contributed by atoms with Crippen LogP contribution in [0.25, 0.3) is 0 Å². The molecule has 1 amide bonds. The summed E-state index contributed by atoms with van der Waals surface area (Å²) in [6.45, 7) is -0.0185. The van der Waals surface area contributed by atoms with E-state index in [1.54, 1.807) is 0 Å². The second-order valence-corrected chi connectivity index (χ2v) is 8.81. The van der Waals surface area contributed by atoms with Crippen molar-refractivity contribution in [2.24, 2.45) is 5.73 Å². The van der Waals surface area contributed by atoms with Gasteiger partial charge in [0.1, 0.15) is 11.6 Å². The van der Waals surface area contributed by atoms with Gasteiger partial charge in [-0.3, -0.25) is 9.52 Å². The number of halogens is 4. The van der Waals surface area contributed by atoms with E-state index >= 15 is 0 Å². The lowest BCUT2D eigenvalue weighted by Gasteiger charge is -2.15. The van der Waals surface area contributed by atoms with Gasteiger partial charge in [-0.25, -0.2) is 17.2 Å². The average Bonchev–Trinajstić information content (AvgIpc) is 2.70. The number of carbonyl (C=O) groups is 1. The van der Waals surface area contributed by atoms with Crippen LogP contribution >= 0.6 is 23.2 Å². The van der Waals surface area contributed by atoms with E-state index in [1.165, 1.54) is 30.3 Å². The molecule has 162 valence electrons. The van der Waals surface area contributed by atoms with Crippen molar-refractivity contribution in [2.45, 2.75) is 11.4 Å². The Bertz CT molecular complexity index is 1250. The Balaban J connectivity index is 1.92. The minimum absolute atomic E-state index is 0.0185. The van der Waals surface area contributed by atoms with Crippen LogP contribution in [0.15, 0.2) is 59.5 Å². The van der Waals surface area contributed by atoms with Crippen LogP contribution in [0.3, 0.4) is 0 Å². The molecule has 0 saturated carbocycles. The molecule has 0 bridgehead atoms. The third-order valence-corrected chi connectivity index (χ3v) is 6.19. The van der Waals surface area contributed by atoms with Gasteiger partial charge in [-0.1, -0.05) is 35.3 Å². The van der Waals surface area contributed by atoms with Gasteiger partial charge in [0.05, 0.1) is 26.2 Å². The van der Waals surface area contributed by atoms with E-state index in [-0.39, 0.29) is 38.4 Å². The Morgan fingerprint density at radius 1 is 0.968 bits per heavy atom. The lowest BCUT2D eigenvalue weighted by molar-refractivity contribution is 0.102.